The Kier molecular flexibility index (Phi) is 3.37. The summed E-state index contributed by atoms with van der Waals surface area (Å²) in [4.78, 5) is 12.3. The Labute approximate surface area is 120 Å². The Bertz CT molecular complexity index is 471. The maximum Gasteiger partial charge on any atom is 0.253 e. The predicted molar refractivity (Wildman–Crippen MR) is 75.9 cm³/mol. The molecule has 2 saturated carbocycles. The monoisotopic (exact) mass is 327 g/mol. The third-order valence-electron chi connectivity index (χ3n) is 3.73. The van der Waals surface area contributed by atoms with Crippen LogP contribution < -0.4 is 5.32 Å². The number of carbonyl (C=O) groups excluding carboxylic acids is 1. The fourth-order valence-corrected chi connectivity index (χ4v) is 3.00. The molecule has 2 aliphatic rings. The third kappa shape index (κ3) is 2.72. The minimum Gasteiger partial charge on any atom is -0.349 e. The highest BCUT2D eigenvalue weighted by atomic mass is 79.9. The van der Waals surface area contributed by atoms with Gasteiger partial charge in [-0.25, -0.2) is 0 Å². The average Bonchev–Trinajstić information content (AvgIpc) is 3.21. The molecule has 1 aromatic rings. The van der Waals surface area contributed by atoms with Gasteiger partial charge in [-0.15, -0.1) is 0 Å². The first-order valence-corrected chi connectivity index (χ1v) is 7.58. The molecule has 1 N–H and O–H groups in total. The van der Waals surface area contributed by atoms with E-state index in [4.69, 9.17) is 11.6 Å². The van der Waals surface area contributed by atoms with Gasteiger partial charge in [0.05, 0.1) is 10.6 Å². The van der Waals surface area contributed by atoms with Crippen molar-refractivity contribution in [2.45, 2.75) is 31.7 Å². The van der Waals surface area contributed by atoms with E-state index in [2.05, 4.69) is 21.2 Å². The van der Waals surface area contributed by atoms with Crippen LogP contribution in [0.25, 0.3) is 0 Å². The molecule has 0 bridgehead atoms. The van der Waals surface area contributed by atoms with E-state index in [9.17, 15) is 4.79 Å². The maximum atomic E-state index is 12.3. The first-order valence-electron chi connectivity index (χ1n) is 6.41. The highest BCUT2D eigenvalue weighted by molar-refractivity contribution is 9.10. The Hall–Kier alpha value is -0.540. The Balaban J connectivity index is 1.75. The number of hydrogen-bond acceptors (Lipinski definition) is 1. The molecule has 2 aliphatic carbocycles. The van der Waals surface area contributed by atoms with Gasteiger partial charge in [0, 0.05) is 10.5 Å². The molecular weight excluding hydrogens is 314 g/mol. The van der Waals surface area contributed by atoms with Gasteiger partial charge in [0.15, 0.2) is 0 Å². The van der Waals surface area contributed by atoms with Gasteiger partial charge in [-0.2, -0.15) is 0 Å². The summed E-state index contributed by atoms with van der Waals surface area (Å²) < 4.78 is 0.881. The van der Waals surface area contributed by atoms with Crippen LogP contribution in [-0.2, 0) is 0 Å². The van der Waals surface area contributed by atoms with Crippen LogP contribution in [0.1, 0.15) is 36.0 Å². The van der Waals surface area contributed by atoms with Crippen LogP contribution in [0.15, 0.2) is 22.7 Å². The summed E-state index contributed by atoms with van der Waals surface area (Å²) >= 11 is 9.46. The summed E-state index contributed by atoms with van der Waals surface area (Å²) in [6, 6.07) is 5.75. The van der Waals surface area contributed by atoms with Crippen molar-refractivity contribution in [2.75, 3.05) is 0 Å². The van der Waals surface area contributed by atoms with Gasteiger partial charge in [0.1, 0.15) is 0 Å². The lowest BCUT2D eigenvalue weighted by atomic mass is 10.1. The van der Waals surface area contributed by atoms with Gasteiger partial charge >= 0.3 is 0 Å². The number of amides is 1. The molecule has 2 fully saturated rings. The van der Waals surface area contributed by atoms with Crippen LogP contribution in [0.2, 0.25) is 5.02 Å². The van der Waals surface area contributed by atoms with E-state index in [1.165, 1.54) is 25.7 Å². The molecule has 0 aliphatic heterocycles. The molecule has 18 heavy (non-hydrogen) atoms. The number of halogens is 2. The maximum absolute atomic E-state index is 12.3. The molecular formula is C14H15BrClNO. The normalized spacial score (nSPS) is 19.1. The zero-order chi connectivity index (χ0) is 12.7. The fourth-order valence-electron chi connectivity index (χ4n) is 2.43. The number of rotatable bonds is 4. The number of nitrogens with one attached hydrogen (secondary N) is 1. The van der Waals surface area contributed by atoms with Crippen LogP contribution in [0, 0.1) is 11.8 Å². The van der Waals surface area contributed by atoms with Crippen molar-refractivity contribution in [3.05, 3.63) is 33.3 Å². The van der Waals surface area contributed by atoms with Crippen molar-refractivity contribution in [2.24, 2.45) is 11.8 Å². The predicted octanol–water partition coefficient (Wildman–Crippen LogP) is 4.02. The van der Waals surface area contributed by atoms with Crippen molar-refractivity contribution in [1.29, 1.82) is 0 Å². The number of carbonyl (C=O) groups is 1. The number of benzene rings is 1. The van der Waals surface area contributed by atoms with E-state index in [0.29, 0.717) is 28.5 Å². The Morgan fingerprint density at radius 1 is 1.28 bits per heavy atom. The second-order valence-electron chi connectivity index (χ2n) is 5.30. The summed E-state index contributed by atoms with van der Waals surface area (Å²) in [6.07, 6.45) is 5.03. The summed E-state index contributed by atoms with van der Waals surface area (Å²) in [7, 11) is 0. The van der Waals surface area contributed by atoms with E-state index >= 15 is 0 Å². The molecule has 1 aromatic carbocycles. The second kappa shape index (κ2) is 4.86. The first kappa shape index (κ1) is 12.5. The van der Waals surface area contributed by atoms with E-state index in [1.807, 2.05) is 6.07 Å². The Morgan fingerprint density at radius 2 is 1.89 bits per heavy atom. The SMILES string of the molecule is O=C(NC(C1CC1)C1CC1)c1cc(Br)ccc1Cl. The van der Waals surface area contributed by atoms with Crippen molar-refractivity contribution in [1.82, 2.24) is 5.32 Å². The van der Waals surface area contributed by atoms with Gasteiger partial charge in [-0.3, -0.25) is 4.79 Å². The molecule has 4 heteroatoms. The van der Waals surface area contributed by atoms with Crippen LogP contribution in [0.5, 0.6) is 0 Å². The summed E-state index contributed by atoms with van der Waals surface area (Å²) in [6.45, 7) is 0. The number of hydrogen-bond donors (Lipinski definition) is 1. The van der Waals surface area contributed by atoms with Crippen LogP contribution >= 0.6 is 27.5 Å². The molecule has 0 aromatic heterocycles. The lowest BCUT2D eigenvalue weighted by Crippen LogP contribution is -2.38. The standard InChI is InChI=1S/C14H15BrClNO/c15-10-5-6-12(16)11(7-10)14(18)17-13(8-1-2-8)9-3-4-9/h5-9,13H,1-4H2,(H,17,18). The van der Waals surface area contributed by atoms with Gasteiger partial charge in [0.2, 0.25) is 0 Å². The van der Waals surface area contributed by atoms with E-state index < -0.39 is 0 Å². The largest absolute Gasteiger partial charge is 0.349 e. The molecule has 0 saturated heterocycles. The van der Waals surface area contributed by atoms with E-state index in [-0.39, 0.29) is 5.91 Å². The zero-order valence-corrected chi connectivity index (χ0v) is 12.3. The van der Waals surface area contributed by atoms with Crippen molar-refractivity contribution in [3.63, 3.8) is 0 Å². The third-order valence-corrected chi connectivity index (χ3v) is 4.55. The Morgan fingerprint density at radius 3 is 2.44 bits per heavy atom. The highest BCUT2D eigenvalue weighted by Crippen LogP contribution is 2.44. The van der Waals surface area contributed by atoms with Gasteiger partial charge in [-0.1, -0.05) is 27.5 Å². The fraction of sp³-hybridized carbons (Fsp3) is 0.500. The van der Waals surface area contributed by atoms with Gasteiger partial charge < -0.3 is 5.32 Å². The molecule has 0 radical (unpaired) electrons. The summed E-state index contributed by atoms with van der Waals surface area (Å²) in [5, 5.41) is 3.70. The smallest absolute Gasteiger partial charge is 0.253 e. The van der Waals surface area contributed by atoms with E-state index in [0.717, 1.165) is 4.47 Å². The molecule has 0 spiro atoms. The minimum absolute atomic E-state index is 0.0369. The summed E-state index contributed by atoms with van der Waals surface area (Å²) in [5.41, 5.74) is 0.567. The van der Waals surface area contributed by atoms with Crippen molar-refractivity contribution in [3.8, 4) is 0 Å². The topological polar surface area (TPSA) is 29.1 Å². The van der Waals surface area contributed by atoms with E-state index in [1.54, 1.807) is 12.1 Å². The molecule has 1 amide bonds. The zero-order valence-electron chi connectivity index (χ0n) is 9.96. The highest BCUT2D eigenvalue weighted by Gasteiger charge is 2.42. The molecule has 3 rings (SSSR count). The summed E-state index contributed by atoms with van der Waals surface area (Å²) in [5.74, 6) is 1.37. The quantitative estimate of drug-likeness (QED) is 0.888. The molecule has 0 heterocycles. The average molecular weight is 329 g/mol. The lowest BCUT2D eigenvalue weighted by molar-refractivity contribution is 0.0926. The minimum atomic E-state index is -0.0369. The van der Waals surface area contributed by atoms with Gasteiger partial charge in [0.25, 0.3) is 5.91 Å². The van der Waals surface area contributed by atoms with Crippen LogP contribution in [0.3, 0.4) is 0 Å². The molecule has 0 unspecified atom stereocenters. The van der Waals surface area contributed by atoms with Crippen LogP contribution in [0.4, 0.5) is 0 Å². The van der Waals surface area contributed by atoms with Crippen LogP contribution in [-0.4, -0.2) is 11.9 Å². The first-order chi connectivity index (χ1) is 8.65. The van der Waals surface area contributed by atoms with Gasteiger partial charge in [-0.05, 0) is 55.7 Å². The van der Waals surface area contributed by atoms with Crippen molar-refractivity contribution >= 4 is 33.4 Å². The molecule has 2 nitrogen and oxygen atoms in total. The second-order valence-corrected chi connectivity index (χ2v) is 6.62. The molecule has 0 atom stereocenters. The lowest BCUT2D eigenvalue weighted by Gasteiger charge is -2.18. The van der Waals surface area contributed by atoms with Crippen molar-refractivity contribution < 1.29 is 4.79 Å². The molecule has 96 valence electrons.